The van der Waals surface area contributed by atoms with Crippen LogP contribution in [0.5, 0.6) is 0 Å². The van der Waals surface area contributed by atoms with Crippen molar-refractivity contribution in [3.05, 3.63) is 35.4 Å². The lowest BCUT2D eigenvalue weighted by Gasteiger charge is -2.42. The normalized spacial score (nSPS) is 21.4. The van der Waals surface area contributed by atoms with E-state index in [1.165, 1.54) is 9.80 Å². The van der Waals surface area contributed by atoms with Gasteiger partial charge in [0.15, 0.2) is 11.9 Å². The molecule has 398 valence electrons. The smallest absolute Gasteiger partial charge is 0.326 e. The van der Waals surface area contributed by atoms with E-state index >= 15 is 0 Å². The van der Waals surface area contributed by atoms with Crippen LogP contribution in [0, 0.1) is 5.92 Å². The number of carbonyl (C=O) groups excluding carboxylic acids is 7. The van der Waals surface area contributed by atoms with E-state index in [-0.39, 0.29) is 88.7 Å². The van der Waals surface area contributed by atoms with E-state index < -0.39 is 89.7 Å². The number of carboxylic acids is 1. The number of nitrogens with two attached hydrogens (primary N) is 5. The van der Waals surface area contributed by atoms with Crippen LogP contribution in [0.1, 0.15) is 120 Å². The standard InChI is InChI=1S/C48H76N14O10/c49-32(14-9-21-56-46(50)51)40(66)59-33(15-10-22-57-47(52)53)41(67)54-23-18-39(65)60-48(19-7-1-2-8-20-48)45(72)55-24-17-38(64)58-34(28-63)42(68)61-27-31-13-4-3-11-29(31)25-36(61)43(69)62-35-16-6-5-12-30(35)26-37(62)44(70)71/h3-4,11,13,30,32-37,63H,1-2,5-10,12,14-28,49H2,(H,54,67)(H,55,72)(H,58,64)(H,59,66)(H,60,65)(H,70,71)(H4,50,51,56)(H4,52,53,57)/t30-,32+,33-,34-,35-,36+,37?/m0/s1. The van der Waals surface area contributed by atoms with Crippen LogP contribution in [0.25, 0.3) is 0 Å². The number of nitrogens with one attached hydrogen (secondary N) is 5. The van der Waals surface area contributed by atoms with Crippen LogP contribution >= 0.6 is 0 Å². The monoisotopic (exact) mass is 1010 g/mol. The summed E-state index contributed by atoms with van der Waals surface area (Å²) in [6.07, 6.45) is 8.08. The van der Waals surface area contributed by atoms with Gasteiger partial charge in [-0.2, -0.15) is 0 Å². The van der Waals surface area contributed by atoms with Gasteiger partial charge in [-0.1, -0.05) is 62.8 Å². The zero-order valence-electron chi connectivity index (χ0n) is 41.2. The summed E-state index contributed by atoms with van der Waals surface area (Å²) in [5, 5.41) is 34.3. The summed E-state index contributed by atoms with van der Waals surface area (Å²) >= 11 is 0. The van der Waals surface area contributed by atoms with Crippen molar-refractivity contribution in [1.82, 2.24) is 36.4 Å². The molecule has 2 heterocycles. The second kappa shape index (κ2) is 27.3. The Morgan fingerprint density at radius 2 is 1.36 bits per heavy atom. The van der Waals surface area contributed by atoms with Gasteiger partial charge in [0.05, 0.1) is 12.6 Å². The molecule has 0 radical (unpaired) electrons. The Kier molecular flexibility index (Phi) is 21.4. The quantitative estimate of drug-likeness (QED) is 0.0226. The van der Waals surface area contributed by atoms with Gasteiger partial charge < -0.3 is 75.3 Å². The molecular weight excluding hydrogens is 933 g/mol. The van der Waals surface area contributed by atoms with Crippen molar-refractivity contribution < 1.29 is 48.6 Å². The van der Waals surface area contributed by atoms with Crippen LogP contribution in [0.2, 0.25) is 0 Å². The molecule has 1 unspecified atom stereocenters. The van der Waals surface area contributed by atoms with Gasteiger partial charge in [-0.3, -0.25) is 43.5 Å². The van der Waals surface area contributed by atoms with Crippen molar-refractivity contribution in [2.75, 3.05) is 32.8 Å². The first-order valence-electron chi connectivity index (χ1n) is 25.3. The van der Waals surface area contributed by atoms with Crippen LogP contribution in [0.3, 0.4) is 0 Å². The van der Waals surface area contributed by atoms with E-state index in [0.29, 0.717) is 51.4 Å². The molecule has 2 aliphatic carbocycles. The maximum absolute atomic E-state index is 14.5. The minimum Gasteiger partial charge on any atom is -0.480 e. The van der Waals surface area contributed by atoms with E-state index in [9.17, 15) is 48.6 Å². The number of fused-ring (bicyclic) bond motifs is 2. The first-order chi connectivity index (χ1) is 34.4. The molecule has 0 bridgehead atoms. The number of aliphatic hydroxyl groups excluding tert-OH is 1. The molecule has 0 aromatic heterocycles. The fourth-order valence-corrected chi connectivity index (χ4v) is 10.5. The molecule has 1 aromatic rings. The predicted molar refractivity (Wildman–Crippen MR) is 266 cm³/mol. The maximum atomic E-state index is 14.5. The number of carbonyl (C=O) groups is 8. The summed E-state index contributed by atoms with van der Waals surface area (Å²) < 4.78 is 0. The molecule has 1 saturated heterocycles. The van der Waals surface area contributed by atoms with Gasteiger partial charge in [-0.05, 0) is 74.8 Å². The Hall–Kier alpha value is -6.56. The van der Waals surface area contributed by atoms with Crippen molar-refractivity contribution in [2.24, 2.45) is 44.6 Å². The van der Waals surface area contributed by atoms with Gasteiger partial charge in [0.1, 0.15) is 29.7 Å². The largest absolute Gasteiger partial charge is 0.480 e. The van der Waals surface area contributed by atoms with Crippen LogP contribution in [0.4, 0.5) is 0 Å². The molecule has 3 fully saturated rings. The second-order valence-corrected chi connectivity index (χ2v) is 19.4. The second-order valence-electron chi connectivity index (χ2n) is 19.4. The zero-order chi connectivity index (χ0) is 52.4. The van der Waals surface area contributed by atoms with Crippen molar-refractivity contribution >= 4 is 59.2 Å². The van der Waals surface area contributed by atoms with E-state index in [4.69, 9.17) is 28.7 Å². The van der Waals surface area contributed by atoms with Crippen molar-refractivity contribution in [1.29, 1.82) is 0 Å². The minimum atomic E-state index is -1.44. The molecule has 4 aliphatic rings. The number of likely N-dealkylation sites (tertiary alicyclic amines) is 1. The fraction of sp³-hybridized carbons (Fsp3) is 0.667. The summed E-state index contributed by atoms with van der Waals surface area (Å²) in [6.45, 7) is -0.612. The van der Waals surface area contributed by atoms with Gasteiger partial charge in [-0.15, -0.1) is 0 Å². The molecular formula is C48H76N14O10. The zero-order valence-corrected chi connectivity index (χ0v) is 41.2. The van der Waals surface area contributed by atoms with Crippen molar-refractivity contribution in [3.8, 4) is 0 Å². The van der Waals surface area contributed by atoms with E-state index in [0.717, 1.165) is 43.2 Å². The summed E-state index contributed by atoms with van der Waals surface area (Å²) in [5.74, 6) is -5.23. The molecule has 2 aliphatic heterocycles. The molecule has 7 amide bonds. The number of benzene rings is 1. The summed E-state index contributed by atoms with van der Waals surface area (Å²) in [5.41, 5.74) is 27.9. The number of aliphatic imine (C=N–C) groups is 2. The summed E-state index contributed by atoms with van der Waals surface area (Å²) in [4.78, 5) is 119. The molecule has 24 nitrogen and oxygen atoms in total. The van der Waals surface area contributed by atoms with Gasteiger partial charge in [0.2, 0.25) is 41.4 Å². The number of hydrogen-bond donors (Lipinski definition) is 12. The van der Waals surface area contributed by atoms with Crippen molar-refractivity contribution in [3.63, 3.8) is 0 Å². The molecule has 7 atom stereocenters. The number of hydrogen-bond acceptors (Lipinski definition) is 12. The Morgan fingerprint density at radius 1 is 0.736 bits per heavy atom. The Bertz CT molecular complexity index is 2140. The molecule has 2 saturated carbocycles. The average Bonchev–Trinajstić information content (AvgIpc) is 3.59. The van der Waals surface area contributed by atoms with Gasteiger partial charge >= 0.3 is 5.97 Å². The number of rotatable bonds is 24. The molecule has 72 heavy (non-hydrogen) atoms. The Balaban J connectivity index is 1.16. The van der Waals surface area contributed by atoms with Gasteiger partial charge in [0.25, 0.3) is 0 Å². The lowest BCUT2D eigenvalue weighted by Crippen LogP contribution is -2.61. The van der Waals surface area contributed by atoms with Crippen LogP contribution in [0.15, 0.2) is 34.3 Å². The molecule has 17 N–H and O–H groups in total. The van der Waals surface area contributed by atoms with Gasteiger partial charge in [-0.25, -0.2) is 4.79 Å². The summed E-state index contributed by atoms with van der Waals surface area (Å²) in [6, 6.07) is 1.58. The van der Waals surface area contributed by atoms with E-state index in [1.54, 1.807) is 0 Å². The Labute approximate surface area is 419 Å². The predicted octanol–water partition coefficient (Wildman–Crippen LogP) is -2.20. The molecule has 5 rings (SSSR count). The summed E-state index contributed by atoms with van der Waals surface area (Å²) in [7, 11) is 0. The lowest BCUT2D eigenvalue weighted by atomic mass is 9.84. The number of carboxylic acid groups (broad SMARTS) is 1. The SMILES string of the molecule is NC(N)=NCCC[C@@H](N)C(=O)N[C@@H](CCCN=C(N)N)C(=O)NCCC(=O)NC1(C(=O)NCCC(=O)N[C@@H](CO)C(=O)N2Cc3ccccc3C[C@@H]2C(=O)N2C(C(=O)O)C[C@@H]3CCCC[C@@H]32)CCCCCC1. The Morgan fingerprint density at radius 3 is 2.01 bits per heavy atom. The third-order valence-electron chi connectivity index (χ3n) is 14.2. The van der Waals surface area contributed by atoms with Crippen LogP contribution < -0.4 is 55.3 Å². The average molecular weight is 1010 g/mol. The number of nitrogens with zero attached hydrogens (tertiary/aromatic N) is 4. The topological polar surface area (TPSA) is 398 Å². The fourth-order valence-electron chi connectivity index (χ4n) is 10.5. The highest BCUT2D eigenvalue weighted by Crippen LogP contribution is 2.41. The third kappa shape index (κ3) is 15.7. The third-order valence-corrected chi connectivity index (χ3v) is 14.2. The van der Waals surface area contributed by atoms with Crippen LogP contribution in [-0.2, 0) is 51.3 Å². The number of aliphatic carboxylic acids is 1. The van der Waals surface area contributed by atoms with Crippen LogP contribution in [-0.4, -0.2) is 154 Å². The maximum Gasteiger partial charge on any atom is 0.326 e. The number of guanidine groups is 2. The van der Waals surface area contributed by atoms with Gasteiger partial charge in [0, 0.05) is 58.0 Å². The number of amides is 7. The highest BCUT2D eigenvalue weighted by atomic mass is 16.4. The molecule has 0 spiro atoms. The first kappa shape index (κ1) is 56.4. The highest BCUT2D eigenvalue weighted by Gasteiger charge is 2.51. The minimum absolute atomic E-state index is 0.00776. The number of aliphatic hydroxyl groups is 1. The molecule has 24 heteroatoms. The lowest BCUT2D eigenvalue weighted by molar-refractivity contribution is -0.156. The highest BCUT2D eigenvalue weighted by molar-refractivity contribution is 5.95. The first-order valence-corrected chi connectivity index (χ1v) is 25.3. The molecule has 1 aromatic carbocycles. The van der Waals surface area contributed by atoms with E-state index in [1.807, 2.05) is 24.3 Å². The van der Waals surface area contributed by atoms with Crippen molar-refractivity contribution in [2.45, 2.75) is 164 Å². The van der Waals surface area contributed by atoms with E-state index in [2.05, 4.69) is 36.6 Å².